The summed E-state index contributed by atoms with van der Waals surface area (Å²) in [6.07, 6.45) is 0. The van der Waals surface area contributed by atoms with Crippen molar-refractivity contribution in [3.05, 3.63) is 18.2 Å². The SMILES string of the molecule is CC(=O)Nc1cc([As](C)(=O)O)ccc1O. The number of amides is 1. The average molecular weight is 273 g/mol. The van der Waals surface area contributed by atoms with Gasteiger partial charge in [0.15, 0.2) is 0 Å². The molecule has 0 saturated carbocycles. The molecule has 0 aromatic heterocycles. The number of nitrogens with one attached hydrogen (secondary N) is 1. The molecule has 1 aromatic carbocycles. The van der Waals surface area contributed by atoms with Crippen LogP contribution in [0.25, 0.3) is 0 Å². The monoisotopic (exact) mass is 273 g/mol. The van der Waals surface area contributed by atoms with Crippen molar-refractivity contribution in [1.82, 2.24) is 0 Å². The van der Waals surface area contributed by atoms with Gasteiger partial charge in [0.1, 0.15) is 0 Å². The molecule has 0 aliphatic carbocycles. The Kier molecular flexibility index (Phi) is 3.27. The van der Waals surface area contributed by atoms with E-state index in [-0.39, 0.29) is 21.7 Å². The molecule has 0 aliphatic rings. The number of carbonyl (C=O) groups excluding carboxylic acids is 1. The second-order valence-corrected chi connectivity index (χ2v) is 8.03. The molecule has 5 nitrogen and oxygen atoms in total. The van der Waals surface area contributed by atoms with E-state index in [1.54, 1.807) is 0 Å². The summed E-state index contributed by atoms with van der Waals surface area (Å²) in [5.41, 5.74) is 1.40. The van der Waals surface area contributed by atoms with Crippen molar-refractivity contribution in [2.24, 2.45) is 0 Å². The fraction of sp³-hybridized carbons (Fsp3) is 0.222. The number of hydrogen-bond donors (Lipinski definition) is 3. The molecular formula is C9H12AsNO4. The van der Waals surface area contributed by atoms with Crippen LogP contribution in [0.1, 0.15) is 6.92 Å². The molecule has 0 fully saturated rings. The Morgan fingerprint density at radius 3 is 2.53 bits per heavy atom. The Morgan fingerprint density at radius 2 is 2.07 bits per heavy atom. The van der Waals surface area contributed by atoms with Crippen LogP contribution in [-0.2, 0) is 8.53 Å². The molecule has 6 heteroatoms. The Bertz CT molecular complexity index is 438. The van der Waals surface area contributed by atoms with E-state index in [4.69, 9.17) is 0 Å². The summed E-state index contributed by atoms with van der Waals surface area (Å²) in [4.78, 5) is 10.8. The first-order valence-electron chi connectivity index (χ1n) is 4.22. The zero-order valence-corrected chi connectivity index (χ0v) is 10.3. The molecule has 1 unspecified atom stereocenters. The second-order valence-electron chi connectivity index (χ2n) is 3.26. The molecule has 0 aliphatic heterocycles. The first-order valence-corrected chi connectivity index (χ1v) is 8.64. The van der Waals surface area contributed by atoms with Crippen LogP contribution in [0.4, 0.5) is 5.69 Å². The van der Waals surface area contributed by atoms with E-state index in [1.807, 2.05) is 0 Å². The fourth-order valence-electron chi connectivity index (χ4n) is 1.07. The molecule has 0 heterocycles. The van der Waals surface area contributed by atoms with Crippen LogP contribution < -0.4 is 9.67 Å². The van der Waals surface area contributed by atoms with E-state index < -0.39 is 13.8 Å². The van der Waals surface area contributed by atoms with Crippen molar-refractivity contribution in [1.29, 1.82) is 0 Å². The molecular weight excluding hydrogens is 261 g/mol. The number of aromatic hydroxyl groups is 1. The summed E-state index contributed by atoms with van der Waals surface area (Å²) in [7, 11) is 0. The summed E-state index contributed by atoms with van der Waals surface area (Å²) >= 11 is -3.98. The number of hydrogen-bond acceptors (Lipinski definition) is 3. The van der Waals surface area contributed by atoms with Crippen molar-refractivity contribution in [3.63, 3.8) is 0 Å². The summed E-state index contributed by atoms with van der Waals surface area (Å²) in [5.74, 6) is -0.475. The number of phenolic OH excluding ortho intramolecular Hbond substituents is 1. The van der Waals surface area contributed by atoms with Crippen LogP contribution in [0.5, 0.6) is 5.75 Å². The molecule has 0 saturated heterocycles. The third-order valence-electron chi connectivity index (χ3n) is 1.77. The molecule has 0 spiro atoms. The van der Waals surface area contributed by atoms with Crippen LogP contribution >= 0.6 is 0 Å². The topological polar surface area (TPSA) is 86.6 Å². The van der Waals surface area contributed by atoms with Crippen molar-refractivity contribution in [2.75, 3.05) is 5.32 Å². The molecule has 3 N–H and O–H groups in total. The quantitative estimate of drug-likeness (QED) is 0.525. The van der Waals surface area contributed by atoms with Gasteiger partial charge in [-0.05, 0) is 0 Å². The van der Waals surface area contributed by atoms with Gasteiger partial charge in [-0.15, -0.1) is 0 Å². The van der Waals surface area contributed by atoms with Gasteiger partial charge in [0.05, 0.1) is 0 Å². The van der Waals surface area contributed by atoms with Crippen molar-refractivity contribution < 1.29 is 17.7 Å². The molecule has 82 valence electrons. The number of carbonyl (C=O) groups is 1. The van der Waals surface area contributed by atoms with E-state index in [0.29, 0.717) is 0 Å². The van der Waals surface area contributed by atoms with E-state index >= 15 is 0 Å². The predicted molar refractivity (Wildman–Crippen MR) is 56.6 cm³/mol. The molecule has 1 atom stereocenters. The van der Waals surface area contributed by atoms with Gasteiger partial charge in [0.2, 0.25) is 0 Å². The van der Waals surface area contributed by atoms with Gasteiger partial charge in [-0.25, -0.2) is 0 Å². The Labute approximate surface area is 89.8 Å². The molecule has 0 radical (unpaired) electrons. The average Bonchev–Trinajstić information content (AvgIpc) is 2.06. The molecule has 0 bridgehead atoms. The van der Waals surface area contributed by atoms with E-state index in [9.17, 15) is 17.7 Å². The second kappa shape index (κ2) is 4.12. The van der Waals surface area contributed by atoms with Crippen LogP contribution in [0, 0.1) is 0 Å². The number of anilines is 1. The standard InChI is InChI=1S/C9H12AsNO4/c1-6(12)11-8-5-7(10(2,14)15)3-4-9(8)13/h3-5,13H,1-2H3,(H,11,12)(H,14,15). The normalized spacial score (nSPS) is 14.3. The van der Waals surface area contributed by atoms with Crippen molar-refractivity contribution in [3.8, 4) is 5.75 Å². The first-order chi connectivity index (χ1) is 6.80. The Balaban J connectivity index is 3.17. The van der Waals surface area contributed by atoms with E-state index in [1.165, 1.54) is 30.8 Å². The Morgan fingerprint density at radius 1 is 1.47 bits per heavy atom. The van der Waals surface area contributed by atoms with Crippen LogP contribution in [0.2, 0.25) is 5.71 Å². The van der Waals surface area contributed by atoms with Gasteiger partial charge in [-0.1, -0.05) is 0 Å². The van der Waals surface area contributed by atoms with Gasteiger partial charge in [0.25, 0.3) is 0 Å². The number of rotatable bonds is 2. The van der Waals surface area contributed by atoms with Gasteiger partial charge in [-0.2, -0.15) is 0 Å². The minimum atomic E-state index is -3.98. The maximum atomic E-state index is 11.4. The van der Waals surface area contributed by atoms with E-state index in [0.717, 1.165) is 0 Å². The molecule has 15 heavy (non-hydrogen) atoms. The fourth-order valence-corrected chi connectivity index (χ4v) is 2.58. The summed E-state index contributed by atoms with van der Waals surface area (Å²) in [6, 6.07) is 3.98. The zero-order valence-electron chi connectivity index (χ0n) is 8.39. The van der Waals surface area contributed by atoms with Gasteiger partial charge < -0.3 is 0 Å². The van der Waals surface area contributed by atoms with Crippen molar-refractivity contribution in [2.45, 2.75) is 12.6 Å². The van der Waals surface area contributed by atoms with Gasteiger partial charge in [0, 0.05) is 0 Å². The maximum absolute atomic E-state index is 11.4. The molecule has 1 aromatic rings. The van der Waals surface area contributed by atoms with Crippen LogP contribution in [0.15, 0.2) is 18.2 Å². The predicted octanol–water partition coefficient (Wildman–Crippen LogP) is 0.0524. The number of benzene rings is 1. The third kappa shape index (κ3) is 3.15. The van der Waals surface area contributed by atoms with E-state index in [2.05, 4.69) is 5.32 Å². The third-order valence-corrected chi connectivity index (χ3v) is 4.36. The minimum absolute atomic E-state index is 0.127. The van der Waals surface area contributed by atoms with Crippen molar-refractivity contribution >= 4 is 29.8 Å². The van der Waals surface area contributed by atoms with Crippen LogP contribution in [-0.4, -0.2) is 28.9 Å². The summed E-state index contributed by atoms with van der Waals surface area (Å²) < 4.78 is 21.0. The Hall–Kier alpha value is -1.19. The zero-order chi connectivity index (χ0) is 11.6. The van der Waals surface area contributed by atoms with Gasteiger partial charge >= 0.3 is 89.4 Å². The van der Waals surface area contributed by atoms with Gasteiger partial charge in [-0.3, -0.25) is 0 Å². The molecule has 1 amide bonds. The summed E-state index contributed by atoms with van der Waals surface area (Å²) in [6.45, 7) is 1.29. The summed E-state index contributed by atoms with van der Waals surface area (Å²) in [5, 5.41) is 11.7. The number of phenols is 1. The van der Waals surface area contributed by atoms with Crippen LogP contribution in [0.3, 0.4) is 0 Å². The first kappa shape index (κ1) is 11.9. The molecule has 1 rings (SSSR count).